The van der Waals surface area contributed by atoms with E-state index in [2.05, 4.69) is 32.0 Å². The molecule has 106 valence electrons. The molecule has 2 rings (SSSR count). The number of rotatable bonds is 5. The molecule has 1 aromatic rings. The fraction of sp³-hybridized carbons (Fsp3) is 0.692. The summed E-state index contributed by atoms with van der Waals surface area (Å²) in [5, 5.41) is 3.34. The van der Waals surface area contributed by atoms with Gasteiger partial charge in [0.15, 0.2) is 0 Å². The third-order valence-electron chi connectivity index (χ3n) is 3.38. The summed E-state index contributed by atoms with van der Waals surface area (Å²) in [4.78, 5) is 12.8. The van der Waals surface area contributed by atoms with Crippen molar-refractivity contribution < 1.29 is 4.74 Å². The van der Waals surface area contributed by atoms with E-state index in [9.17, 15) is 0 Å². The number of hydrogen-bond donors (Lipinski definition) is 1. The van der Waals surface area contributed by atoms with E-state index in [1.165, 1.54) is 0 Å². The Labute approximate surface area is 114 Å². The second-order valence-corrected chi connectivity index (χ2v) is 4.83. The lowest BCUT2D eigenvalue weighted by molar-refractivity contribution is 0.0339. The quantitative estimate of drug-likeness (QED) is 0.829. The maximum absolute atomic E-state index is 5.71. The van der Waals surface area contributed by atoms with Gasteiger partial charge in [0.05, 0.1) is 12.7 Å². The summed E-state index contributed by atoms with van der Waals surface area (Å²) in [6.45, 7) is 6.49. The molecule has 1 unspecified atom stereocenters. The zero-order chi connectivity index (χ0) is 13.7. The summed E-state index contributed by atoms with van der Waals surface area (Å²) in [7, 11) is 4.07. The van der Waals surface area contributed by atoms with Gasteiger partial charge in [0.2, 0.25) is 0 Å². The molecule has 1 N–H and O–H groups in total. The van der Waals surface area contributed by atoms with E-state index in [1.54, 1.807) is 6.33 Å². The standard InChI is InChI=1S/C13H23N5O/c1-4-17(2)12-7-13(16-10-15-12)18(3)9-11-8-14-5-6-19-11/h7,10-11,14H,4-6,8-9H2,1-3H3. The van der Waals surface area contributed by atoms with Gasteiger partial charge < -0.3 is 19.9 Å². The van der Waals surface area contributed by atoms with Crippen LogP contribution in [0.15, 0.2) is 12.4 Å². The molecule has 1 aliphatic heterocycles. The number of likely N-dealkylation sites (N-methyl/N-ethyl adjacent to an activating group) is 1. The molecular weight excluding hydrogens is 242 g/mol. The Balaban J connectivity index is 1.99. The lowest BCUT2D eigenvalue weighted by atomic mass is 10.3. The van der Waals surface area contributed by atoms with Gasteiger partial charge in [-0.25, -0.2) is 9.97 Å². The van der Waals surface area contributed by atoms with Gasteiger partial charge in [-0.2, -0.15) is 0 Å². The van der Waals surface area contributed by atoms with Gasteiger partial charge in [0, 0.05) is 46.3 Å². The predicted octanol–water partition coefficient (Wildman–Crippen LogP) is 0.357. The molecule has 0 amide bonds. The molecule has 1 saturated heterocycles. The van der Waals surface area contributed by atoms with Crippen LogP contribution in [0.4, 0.5) is 11.6 Å². The van der Waals surface area contributed by atoms with E-state index >= 15 is 0 Å². The van der Waals surface area contributed by atoms with Crippen LogP contribution in [0.3, 0.4) is 0 Å². The zero-order valence-corrected chi connectivity index (χ0v) is 12.0. The second kappa shape index (κ2) is 6.68. The van der Waals surface area contributed by atoms with Gasteiger partial charge in [0.1, 0.15) is 18.0 Å². The van der Waals surface area contributed by atoms with E-state index in [4.69, 9.17) is 4.74 Å². The fourth-order valence-corrected chi connectivity index (χ4v) is 2.05. The molecule has 1 atom stereocenters. The predicted molar refractivity (Wildman–Crippen MR) is 76.9 cm³/mol. The number of nitrogens with zero attached hydrogens (tertiary/aromatic N) is 4. The molecule has 0 aromatic carbocycles. The van der Waals surface area contributed by atoms with Crippen LogP contribution >= 0.6 is 0 Å². The third kappa shape index (κ3) is 3.78. The number of anilines is 2. The minimum absolute atomic E-state index is 0.223. The van der Waals surface area contributed by atoms with Crippen molar-refractivity contribution in [1.82, 2.24) is 15.3 Å². The highest BCUT2D eigenvalue weighted by Crippen LogP contribution is 2.16. The maximum atomic E-state index is 5.71. The Kier molecular flexibility index (Phi) is 4.93. The van der Waals surface area contributed by atoms with Crippen molar-refractivity contribution in [3.05, 3.63) is 12.4 Å². The zero-order valence-electron chi connectivity index (χ0n) is 12.0. The van der Waals surface area contributed by atoms with Crippen LogP contribution in [-0.2, 0) is 4.74 Å². The number of ether oxygens (including phenoxy) is 1. The highest BCUT2D eigenvalue weighted by atomic mass is 16.5. The van der Waals surface area contributed by atoms with Gasteiger partial charge in [-0.15, -0.1) is 0 Å². The van der Waals surface area contributed by atoms with Crippen molar-refractivity contribution in [1.29, 1.82) is 0 Å². The summed E-state index contributed by atoms with van der Waals surface area (Å²) in [5.74, 6) is 1.88. The van der Waals surface area contributed by atoms with Crippen LogP contribution in [0.2, 0.25) is 0 Å². The minimum atomic E-state index is 0.223. The van der Waals surface area contributed by atoms with Crippen molar-refractivity contribution in [3.63, 3.8) is 0 Å². The SMILES string of the molecule is CCN(C)c1cc(N(C)CC2CNCCO2)ncn1. The summed E-state index contributed by atoms with van der Waals surface area (Å²) in [5.41, 5.74) is 0. The van der Waals surface area contributed by atoms with Crippen LogP contribution in [-0.4, -0.2) is 63.0 Å². The maximum Gasteiger partial charge on any atom is 0.133 e. The van der Waals surface area contributed by atoms with E-state index in [-0.39, 0.29) is 6.10 Å². The summed E-state index contributed by atoms with van der Waals surface area (Å²) in [6, 6.07) is 2.01. The number of morpholine rings is 1. The first-order chi connectivity index (χ1) is 9.20. The van der Waals surface area contributed by atoms with Crippen molar-refractivity contribution in [2.75, 3.05) is 56.7 Å². The van der Waals surface area contributed by atoms with Crippen molar-refractivity contribution in [3.8, 4) is 0 Å². The molecule has 0 saturated carbocycles. The molecule has 1 fully saturated rings. The molecule has 6 nitrogen and oxygen atoms in total. The van der Waals surface area contributed by atoms with Gasteiger partial charge >= 0.3 is 0 Å². The molecule has 0 aliphatic carbocycles. The van der Waals surface area contributed by atoms with E-state index in [1.807, 2.05) is 20.2 Å². The van der Waals surface area contributed by atoms with E-state index < -0.39 is 0 Å². The minimum Gasteiger partial charge on any atom is -0.374 e. The number of aromatic nitrogens is 2. The Bertz CT molecular complexity index is 394. The van der Waals surface area contributed by atoms with Crippen molar-refractivity contribution >= 4 is 11.6 Å². The molecular formula is C13H23N5O. The molecule has 19 heavy (non-hydrogen) atoms. The van der Waals surface area contributed by atoms with Gasteiger partial charge in [0.25, 0.3) is 0 Å². The number of nitrogens with one attached hydrogen (secondary N) is 1. The third-order valence-corrected chi connectivity index (χ3v) is 3.38. The molecule has 2 heterocycles. The topological polar surface area (TPSA) is 53.5 Å². The first kappa shape index (κ1) is 14.0. The first-order valence-corrected chi connectivity index (χ1v) is 6.77. The van der Waals surface area contributed by atoms with Crippen LogP contribution in [0.5, 0.6) is 0 Å². The lowest BCUT2D eigenvalue weighted by Crippen LogP contribution is -2.44. The Morgan fingerprint density at radius 1 is 1.32 bits per heavy atom. The van der Waals surface area contributed by atoms with Gasteiger partial charge in [-0.3, -0.25) is 0 Å². The van der Waals surface area contributed by atoms with Gasteiger partial charge in [-0.1, -0.05) is 0 Å². The average molecular weight is 265 g/mol. The van der Waals surface area contributed by atoms with Crippen molar-refractivity contribution in [2.45, 2.75) is 13.0 Å². The van der Waals surface area contributed by atoms with Crippen molar-refractivity contribution in [2.24, 2.45) is 0 Å². The number of hydrogen-bond acceptors (Lipinski definition) is 6. The van der Waals surface area contributed by atoms with Crippen LogP contribution in [0, 0.1) is 0 Å². The fourth-order valence-electron chi connectivity index (χ4n) is 2.05. The average Bonchev–Trinajstić information content (AvgIpc) is 2.47. The van der Waals surface area contributed by atoms with E-state index in [0.29, 0.717) is 0 Å². The molecule has 0 bridgehead atoms. The van der Waals surface area contributed by atoms with Crippen LogP contribution in [0.1, 0.15) is 6.92 Å². The highest BCUT2D eigenvalue weighted by molar-refractivity contribution is 5.49. The molecule has 1 aliphatic rings. The molecule has 1 aromatic heterocycles. The Morgan fingerprint density at radius 3 is 2.68 bits per heavy atom. The second-order valence-electron chi connectivity index (χ2n) is 4.83. The van der Waals surface area contributed by atoms with Gasteiger partial charge in [-0.05, 0) is 6.92 Å². The molecule has 0 radical (unpaired) electrons. The lowest BCUT2D eigenvalue weighted by Gasteiger charge is -2.29. The molecule has 6 heteroatoms. The summed E-state index contributed by atoms with van der Waals surface area (Å²) < 4.78 is 5.71. The smallest absolute Gasteiger partial charge is 0.133 e. The largest absolute Gasteiger partial charge is 0.374 e. The Hall–Kier alpha value is -1.40. The van der Waals surface area contributed by atoms with Crippen LogP contribution in [0.25, 0.3) is 0 Å². The normalized spacial score (nSPS) is 19.2. The summed E-state index contributed by atoms with van der Waals surface area (Å²) >= 11 is 0. The highest BCUT2D eigenvalue weighted by Gasteiger charge is 2.16. The summed E-state index contributed by atoms with van der Waals surface area (Å²) in [6.07, 6.45) is 1.84. The molecule has 0 spiro atoms. The Morgan fingerprint density at radius 2 is 2.05 bits per heavy atom. The van der Waals surface area contributed by atoms with Crippen LogP contribution < -0.4 is 15.1 Å². The first-order valence-electron chi connectivity index (χ1n) is 6.77. The monoisotopic (exact) mass is 265 g/mol. The van der Waals surface area contributed by atoms with E-state index in [0.717, 1.165) is 44.4 Å².